The van der Waals surface area contributed by atoms with Crippen LogP contribution in [0.2, 0.25) is 0 Å². The van der Waals surface area contributed by atoms with Crippen LogP contribution < -0.4 is 5.32 Å². The van der Waals surface area contributed by atoms with Gasteiger partial charge in [0.25, 0.3) is 0 Å². The fourth-order valence-electron chi connectivity index (χ4n) is 2.49. The molecule has 88 valence electrons. The van der Waals surface area contributed by atoms with Gasteiger partial charge in [0.05, 0.1) is 0 Å². The standard InChI is InChI=1S/C13H25NS/c1-2-8-14-12(10-11-6-7-11)13-5-3-4-9-15-13/h11-14H,2-10H2,1H3. The highest BCUT2D eigenvalue weighted by Crippen LogP contribution is 2.37. The fourth-order valence-corrected chi connectivity index (χ4v) is 3.94. The van der Waals surface area contributed by atoms with Crippen molar-refractivity contribution in [1.82, 2.24) is 5.32 Å². The van der Waals surface area contributed by atoms with Gasteiger partial charge in [-0.15, -0.1) is 0 Å². The smallest absolute Gasteiger partial charge is 0.0201 e. The summed E-state index contributed by atoms with van der Waals surface area (Å²) < 4.78 is 0. The third kappa shape index (κ3) is 3.99. The predicted octanol–water partition coefficient (Wildman–Crippen LogP) is 3.44. The van der Waals surface area contributed by atoms with Crippen molar-refractivity contribution in [2.24, 2.45) is 5.92 Å². The summed E-state index contributed by atoms with van der Waals surface area (Å²) >= 11 is 2.23. The molecule has 1 heterocycles. The molecule has 0 spiro atoms. The van der Waals surface area contributed by atoms with Crippen molar-refractivity contribution in [1.29, 1.82) is 0 Å². The highest BCUT2D eigenvalue weighted by atomic mass is 32.2. The molecule has 1 aliphatic heterocycles. The highest BCUT2D eigenvalue weighted by Gasteiger charge is 2.30. The van der Waals surface area contributed by atoms with E-state index in [1.54, 1.807) is 0 Å². The molecule has 0 aromatic heterocycles. The number of nitrogens with one attached hydrogen (secondary N) is 1. The Morgan fingerprint density at radius 3 is 2.73 bits per heavy atom. The van der Waals surface area contributed by atoms with Crippen LogP contribution in [-0.4, -0.2) is 23.6 Å². The number of thioether (sulfide) groups is 1. The van der Waals surface area contributed by atoms with E-state index in [1.807, 2.05) is 0 Å². The third-order valence-corrected chi connectivity index (χ3v) is 5.12. The number of hydrogen-bond donors (Lipinski definition) is 1. The zero-order valence-electron chi connectivity index (χ0n) is 10.0. The Bertz CT molecular complexity index is 173. The van der Waals surface area contributed by atoms with Crippen LogP contribution in [0.4, 0.5) is 0 Å². The Hall–Kier alpha value is 0.310. The molecule has 15 heavy (non-hydrogen) atoms. The van der Waals surface area contributed by atoms with Gasteiger partial charge in [0.1, 0.15) is 0 Å². The van der Waals surface area contributed by atoms with E-state index in [4.69, 9.17) is 0 Å². The molecular formula is C13H25NS. The van der Waals surface area contributed by atoms with Crippen LogP contribution in [-0.2, 0) is 0 Å². The van der Waals surface area contributed by atoms with Gasteiger partial charge >= 0.3 is 0 Å². The second kappa shape index (κ2) is 6.15. The minimum atomic E-state index is 0.822. The molecule has 2 fully saturated rings. The van der Waals surface area contributed by atoms with Crippen LogP contribution in [0.1, 0.15) is 51.9 Å². The number of rotatable bonds is 6. The Balaban J connectivity index is 1.78. The normalized spacial score (nSPS) is 29.0. The van der Waals surface area contributed by atoms with Crippen LogP contribution in [0.15, 0.2) is 0 Å². The molecule has 1 saturated carbocycles. The van der Waals surface area contributed by atoms with E-state index in [-0.39, 0.29) is 0 Å². The molecule has 0 radical (unpaired) electrons. The lowest BCUT2D eigenvalue weighted by Crippen LogP contribution is -2.40. The molecule has 0 aromatic rings. The van der Waals surface area contributed by atoms with Crippen molar-refractivity contribution in [3.05, 3.63) is 0 Å². The SMILES string of the molecule is CCCNC(CC1CC1)C1CCCCS1. The summed E-state index contributed by atoms with van der Waals surface area (Å²) in [6, 6.07) is 0.822. The third-order valence-electron chi connectivity index (χ3n) is 3.60. The van der Waals surface area contributed by atoms with E-state index in [1.165, 1.54) is 57.2 Å². The first-order chi connectivity index (χ1) is 7.40. The molecule has 2 aliphatic rings. The Labute approximate surface area is 98.8 Å². The first kappa shape index (κ1) is 11.8. The molecule has 1 saturated heterocycles. The molecule has 2 rings (SSSR count). The van der Waals surface area contributed by atoms with Crippen LogP contribution in [0.25, 0.3) is 0 Å². The highest BCUT2D eigenvalue weighted by molar-refractivity contribution is 8.00. The lowest BCUT2D eigenvalue weighted by molar-refractivity contribution is 0.422. The molecule has 1 nitrogen and oxygen atoms in total. The molecule has 2 heteroatoms. The summed E-state index contributed by atoms with van der Waals surface area (Å²) in [6.45, 7) is 3.49. The van der Waals surface area contributed by atoms with E-state index < -0.39 is 0 Å². The van der Waals surface area contributed by atoms with Crippen molar-refractivity contribution >= 4 is 11.8 Å². The second-order valence-electron chi connectivity index (χ2n) is 5.14. The molecule has 0 bridgehead atoms. The van der Waals surface area contributed by atoms with Crippen molar-refractivity contribution in [3.8, 4) is 0 Å². The van der Waals surface area contributed by atoms with Crippen LogP contribution >= 0.6 is 11.8 Å². The summed E-state index contributed by atoms with van der Waals surface area (Å²) in [6.07, 6.45) is 10.1. The zero-order valence-corrected chi connectivity index (χ0v) is 10.8. The maximum atomic E-state index is 3.79. The monoisotopic (exact) mass is 227 g/mol. The minimum absolute atomic E-state index is 0.822. The topological polar surface area (TPSA) is 12.0 Å². The van der Waals surface area contributed by atoms with Crippen molar-refractivity contribution in [3.63, 3.8) is 0 Å². The lowest BCUT2D eigenvalue weighted by Gasteiger charge is -2.30. The number of hydrogen-bond acceptors (Lipinski definition) is 2. The van der Waals surface area contributed by atoms with Crippen molar-refractivity contribution in [2.75, 3.05) is 12.3 Å². The van der Waals surface area contributed by atoms with Gasteiger partial charge in [-0.2, -0.15) is 11.8 Å². The minimum Gasteiger partial charge on any atom is -0.313 e. The molecule has 2 unspecified atom stereocenters. The van der Waals surface area contributed by atoms with Crippen LogP contribution in [0.3, 0.4) is 0 Å². The van der Waals surface area contributed by atoms with Gasteiger partial charge in [-0.1, -0.05) is 26.2 Å². The van der Waals surface area contributed by atoms with E-state index in [0.717, 1.165) is 17.2 Å². The Kier molecular flexibility index (Phi) is 4.83. The Morgan fingerprint density at radius 2 is 2.13 bits per heavy atom. The van der Waals surface area contributed by atoms with Gasteiger partial charge in [-0.25, -0.2) is 0 Å². The molecule has 2 atom stereocenters. The zero-order chi connectivity index (χ0) is 10.5. The first-order valence-electron chi connectivity index (χ1n) is 6.75. The predicted molar refractivity (Wildman–Crippen MR) is 69.5 cm³/mol. The maximum Gasteiger partial charge on any atom is 0.0201 e. The van der Waals surface area contributed by atoms with E-state index in [2.05, 4.69) is 24.0 Å². The lowest BCUT2D eigenvalue weighted by atomic mass is 10.0. The molecular weight excluding hydrogens is 202 g/mol. The maximum absolute atomic E-state index is 3.79. The second-order valence-corrected chi connectivity index (χ2v) is 6.49. The first-order valence-corrected chi connectivity index (χ1v) is 7.80. The summed E-state index contributed by atoms with van der Waals surface area (Å²) in [4.78, 5) is 0. The molecule has 1 aliphatic carbocycles. The molecule has 0 amide bonds. The van der Waals surface area contributed by atoms with Gasteiger partial charge in [0, 0.05) is 11.3 Å². The summed E-state index contributed by atoms with van der Waals surface area (Å²) in [7, 11) is 0. The fraction of sp³-hybridized carbons (Fsp3) is 1.00. The average molecular weight is 227 g/mol. The van der Waals surface area contributed by atoms with Crippen molar-refractivity contribution in [2.45, 2.75) is 63.2 Å². The largest absolute Gasteiger partial charge is 0.313 e. The van der Waals surface area contributed by atoms with Gasteiger partial charge < -0.3 is 5.32 Å². The van der Waals surface area contributed by atoms with Gasteiger partial charge in [0.2, 0.25) is 0 Å². The van der Waals surface area contributed by atoms with E-state index in [0.29, 0.717) is 0 Å². The van der Waals surface area contributed by atoms with Gasteiger partial charge in [-0.3, -0.25) is 0 Å². The van der Waals surface area contributed by atoms with E-state index in [9.17, 15) is 0 Å². The van der Waals surface area contributed by atoms with Crippen LogP contribution in [0, 0.1) is 5.92 Å². The molecule has 1 N–H and O–H groups in total. The van der Waals surface area contributed by atoms with Crippen molar-refractivity contribution < 1.29 is 0 Å². The van der Waals surface area contributed by atoms with E-state index >= 15 is 0 Å². The summed E-state index contributed by atoms with van der Waals surface area (Å²) in [5.74, 6) is 2.47. The van der Waals surface area contributed by atoms with Gasteiger partial charge in [-0.05, 0) is 43.9 Å². The summed E-state index contributed by atoms with van der Waals surface area (Å²) in [5, 5.41) is 4.71. The van der Waals surface area contributed by atoms with Crippen LogP contribution in [0.5, 0.6) is 0 Å². The van der Waals surface area contributed by atoms with Gasteiger partial charge in [0.15, 0.2) is 0 Å². The molecule has 0 aromatic carbocycles. The quantitative estimate of drug-likeness (QED) is 0.746. The average Bonchev–Trinajstić information content (AvgIpc) is 3.09. The summed E-state index contributed by atoms with van der Waals surface area (Å²) in [5.41, 5.74) is 0. The Morgan fingerprint density at radius 1 is 1.27 bits per heavy atom.